The van der Waals surface area contributed by atoms with Crippen molar-refractivity contribution >= 4 is 21.9 Å². The van der Waals surface area contributed by atoms with Crippen LogP contribution in [0.5, 0.6) is 0 Å². The number of benzene rings is 1. The molecule has 0 fully saturated rings. The summed E-state index contributed by atoms with van der Waals surface area (Å²) >= 11 is 0. The fourth-order valence-corrected chi connectivity index (χ4v) is 3.70. The summed E-state index contributed by atoms with van der Waals surface area (Å²) in [5.41, 5.74) is 3.25. The first-order chi connectivity index (χ1) is 14.0. The average molecular weight is 437 g/mol. The molecule has 1 heterocycles. The van der Waals surface area contributed by atoms with Crippen LogP contribution in [0.2, 0.25) is 0 Å². The van der Waals surface area contributed by atoms with Crippen LogP contribution in [0.3, 0.4) is 0 Å². The van der Waals surface area contributed by atoms with E-state index < -0.39 is 28.5 Å². The number of nitrogens with zero attached hydrogens (tertiary/aromatic N) is 2. The Hall–Kier alpha value is -2.72. The van der Waals surface area contributed by atoms with Crippen LogP contribution in [-0.4, -0.2) is 43.0 Å². The molecule has 10 heteroatoms. The lowest BCUT2D eigenvalue weighted by molar-refractivity contribution is -0.148. The van der Waals surface area contributed by atoms with Crippen molar-refractivity contribution in [3.05, 3.63) is 46.9 Å². The standard InChI is InChI=1S/C20H28N4O5S/c1-13-6-7-17(10-14(13)2)15(3)22-18(25)12-29-20(26)8-9-21-30(27,28)19-11-24(5)16(4)23-19/h6-7,10-11,15,21H,8-9,12H2,1-5H3,(H,22,25). The second-order valence-electron chi connectivity index (χ2n) is 7.18. The predicted molar refractivity (Wildman–Crippen MR) is 111 cm³/mol. The number of sulfonamides is 1. The number of aryl methyl sites for hydroxylation is 4. The Labute approximate surface area is 176 Å². The van der Waals surface area contributed by atoms with Crippen LogP contribution >= 0.6 is 0 Å². The van der Waals surface area contributed by atoms with Crippen LogP contribution in [0.4, 0.5) is 0 Å². The molecule has 1 atom stereocenters. The maximum atomic E-state index is 12.1. The van der Waals surface area contributed by atoms with E-state index in [2.05, 4.69) is 15.0 Å². The molecule has 0 radical (unpaired) electrons. The van der Waals surface area contributed by atoms with Gasteiger partial charge >= 0.3 is 5.97 Å². The zero-order valence-electron chi connectivity index (χ0n) is 17.9. The summed E-state index contributed by atoms with van der Waals surface area (Å²) in [5, 5.41) is 2.65. The van der Waals surface area contributed by atoms with Gasteiger partial charge < -0.3 is 14.6 Å². The molecule has 1 aromatic heterocycles. The van der Waals surface area contributed by atoms with E-state index in [9.17, 15) is 18.0 Å². The van der Waals surface area contributed by atoms with Gasteiger partial charge in [-0.15, -0.1) is 0 Å². The number of amides is 1. The van der Waals surface area contributed by atoms with Gasteiger partial charge in [0.1, 0.15) is 5.82 Å². The summed E-state index contributed by atoms with van der Waals surface area (Å²) in [7, 11) is -2.13. The smallest absolute Gasteiger partial charge is 0.307 e. The quantitative estimate of drug-likeness (QED) is 0.574. The molecule has 0 spiro atoms. The lowest BCUT2D eigenvalue weighted by Gasteiger charge is -2.15. The summed E-state index contributed by atoms with van der Waals surface area (Å²) < 4.78 is 33.1. The van der Waals surface area contributed by atoms with Gasteiger partial charge in [0.05, 0.1) is 12.5 Å². The number of ether oxygens (including phenoxy) is 1. The van der Waals surface area contributed by atoms with Crippen molar-refractivity contribution in [2.24, 2.45) is 7.05 Å². The van der Waals surface area contributed by atoms with E-state index in [1.807, 2.05) is 39.0 Å². The van der Waals surface area contributed by atoms with Crippen LogP contribution in [-0.2, 0) is 31.4 Å². The Morgan fingerprint density at radius 1 is 1.20 bits per heavy atom. The first kappa shape index (κ1) is 23.6. The van der Waals surface area contributed by atoms with Gasteiger partial charge in [0.2, 0.25) is 0 Å². The third kappa shape index (κ3) is 6.39. The third-order valence-corrected chi connectivity index (χ3v) is 6.09. The molecule has 0 aliphatic rings. The lowest BCUT2D eigenvalue weighted by atomic mass is 10.0. The zero-order valence-corrected chi connectivity index (χ0v) is 18.7. The highest BCUT2D eigenvalue weighted by Crippen LogP contribution is 2.16. The first-order valence-electron chi connectivity index (χ1n) is 9.51. The molecule has 0 saturated heterocycles. The number of imidazole rings is 1. The minimum Gasteiger partial charge on any atom is -0.456 e. The number of carbonyl (C=O) groups excluding carboxylic acids is 2. The van der Waals surface area contributed by atoms with E-state index in [1.165, 1.54) is 11.8 Å². The van der Waals surface area contributed by atoms with Crippen LogP contribution in [0.1, 0.15) is 41.9 Å². The average Bonchev–Trinajstić information content (AvgIpc) is 3.01. The number of carbonyl (C=O) groups is 2. The Morgan fingerprint density at radius 3 is 2.50 bits per heavy atom. The minimum absolute atomic E-state index is 0.115. The number of aromatic nitrogens is 2. The topological polar surface area (TPSA) is 119 Å². The van der Waals surface area contributed by atoms with Crippen molar-refractivity contribution in [3.8, 4) is 0 Å². The summed E-state index contributed by atoms with van der Waals surface area (Å²) in [5.74, 6) is -0.557. The van der Waals surface area contributed by atoms with Gasteiger partial charge in [0, 0.05) is 19.8 Å². The maximum Gasteiger partial charge on any atom is 0.307 e. The predicted octanol–water partition coefficient (Wildman–Crippen LogP) is 1.43. The largest absolute Gasteiger partial charge is 0.456 e. The van der Waals surface area contributed by atoms with Gasteiger partial charge in [-0.05, 0) is 44.4 Å². The van der Waals surface area contributed by atoms with E-state index in [1.54, 1.807) is 18.5 Å². The molecule has 1 aromatic carbocycles. The number of nitrogens with one attached hydrogen (secondary N) is 2. The van der Waals surface area contributed by atoms with Gasteiger partial charge in [-0.25, -0.2) is 18.1 Å². The van der Waals surface area contributed by atoms with Gasteiger partial charge in [-0.2, -0.15) is 0 Å². The summed E-state index contributed by atoms with van der Waals surface area (Å²) in [6, 6.07) is 5.69. The molecule has 1 amide bonds. The molecule has 2 N–H and O–H groups in total. The van der Waals surface area contributed by atoms with Crippen molar-refractivity contribution in [1.82, 2.24) is 19.6 Å². The highest BCUT2D eigenvalue weighted by Gasteiger charge is 2.19. The number of hydrogen-bond acceptors (Lipinski definition) is 6. The molecular formula is C20H28N4O5S. The Morgan fingerprint density at radius 2 is 1.90 bits per heavy atom. The molecule has 30 heavy (non-hydrogen) atoms. The van der Waals surface area contributed by atoms with Gasteiger partial charge in [-0.1, -0.05) is 18.2 Å². The Bertz CT molecular complexity index is 1010. The van der Waals surface area contributed by atoms with Crippen LogP contribution < -0.4 is 10.0 Å². The fourth-order valence-electron chi connectivity index (χ4n) is 2.64. The van der Waals surface area contributed by atoms with Crippen LogP contribution in [0.15, 0.2) is 29.4 Å². The second-order valence-corrected chi connectivity index (χ2v) is 8.89. The van der Waals surface area contributed by atoms with E-state index in [4.69, 9.17) is 4.74 Å². The molecule has 164 valence electrons. The van der Waals surface area contributed by atoms with E-state index in [0.29, 0.717) is 5.82 Å². The summed E-state index contributed by atoms with van der Waals surface area (Å²) in [6.45, 7) is 6.95. The Kier molecular flexibility index (Phi) is 7.74. The zero-order chi connectivity index (χ0) is 22.5. The molecule has 2 aromatic rings. The molecular weight excluding hydrogens is 408 g/mol. The first-order valence-corrected chi connectivity index (χ1v) is 11.0. The van der Waals surface area contributed by atoms with Crippen molar-refractivity contribution in [3.63, 3.8) is 0 Å². The monoisotopic (exact) mass is 436 g/mol. The van der Waals surface area contributed by atoms with E-state index in [0.717, 1.165) is 11.1 Å². The summed E-state index contributed by atoms with van der Waals surface area (Å²) in [6.07, 6.45) is 1.18. The lowest BCUT2D eigenvalue weighted by Crippen LogP contribution is -2.32. The SMILES string of the molecule is Cc1ccc(C(C)NC(=O)COC(=O)CCNS(=O)(=O)c2cn(C)c(C)n2)cc1C. The number of hydrogen-bond donors (Lipinski definition) is 2. The van der Waals surface area contributed by atoms with Crippen molar-refractivity contribution in [1.29, 1.82) is 0 Å². The molecule has 0 bridgehead atoms. The van der Waals surface area contributed by atoms with E-state index in [-0.39, 0.29) is 24.0 Å². The van der Waals surface area contributed by atoms with E-state index >= 15 is 0 Å². The van der Waals surface area contributed by atoms with Gasteiger partial charge in [0.15, 0.2) is 11.6 Å². The maximum absolute atomic E-state index is 12.1. The highest BCUT2D eigenvalue weighted by atomic mass is 32.2. The highest BCUT2D eigenvalue weighted by molar-refractivity contribution is 7.89. The molecule has 0 saturated carbocycles. The molecule has 0 aliphatic carbocycles. The molecule has 1 unspecified atom stereocenters. The van der Waals surface area contributed by atoms with Gasteiger partial charge in [-0.3, -0.25) is 9.59 Å². The van der Waals surface area contributed by atoms with Crippen molar-refractivity contribution in [2.75, 3.05) is 13.2 Å². The number of esters is 1. The normalized spacial score (nSPS) is 12.4. The number of rotatable bonds is 9. The Balaban J connectivity index is 1.74. The molecule has 9 nitrogen and oxygen atoms in total. The second kappa shape index (κ2) is 9.86. The van der Waals surface area contributed by atoms with Crippen LogP contribution in [0.25, 0.3) is 0 Å². The van der Waals surface area contributed by atoms with Crippen molar-refractivity contribution in [2.45, 2.75) is 45.2 Å². The molecule has 2 rings (SSSR count). The fraction of sp³-hybridized carbons (Fsp3) is 0.450. The van der Waals surface area contributed by atoms with Crippen LogP contribution in [0, 0.1) is 20.8 Å². The minimum atomic E-state index is -3.81. The third-order valence-electron chi connectivity index (χ3n) is 4.76. The molecule has 0 aliphatic heterocycles. The summed E-state index contributed by atoms with van der Waals surface area (Å²) in [4.78, 5) is 27.8. The van der Waals surface area contributed by atoms with Gasteiger partial charge in [0.25, 0.3) is 15.9 Å². The van der Waals surface area contributed by atoms with Crippen molar-refractivity contribution < 1.29 is 22.7 Å².